The molecule has 2 aromatic carbocycles. The number of benzene rings is 2. The summed E-state index contributed by atoms with van der Waals surface area (Å²) in [5.74, 6) is 1.90. The number of methoxy groups -OCH3 is 2. The largest absolute Gasteiger partial charge is 0.497 e. The molecule has 0 fully saturated rings. The lowest BCUT2D eigenvalue weighted by atomic mass is 10.1. The topological polar surface area (TPSA) is 59.9 Å². The molecule has 0 saturated carbocycles. The number of aliphatic imine (C=N–C) groups is 1. The minimum atomic E-state index is -0.214. The van der Waals surface area contributed by atoms with Gasteiger partial charge in [-0.25, -0.2) is 4.99 Å². The third kappa shape index (κ3) is 3.15. The smallest absolute Gasteiger partial charge is 0.275 e. The number of amides is 1. The molecule has 0 saturated heterocycles. The average molecular weight is 322 g/mol. The summed E-state index contributed by atoms with van der Waals surface area (Å²) in [5, 5.41) is 2.79. The number of nitrogens with one attached hydrogen (secondary N) is 1. The Bertz CT molecular complexity index is 836. The van der Waals surface area contributed by atoms with Gasteiger partial charge in [0.25, 0.3) is 5.91 Å². The number of amidine groups is 1. The Labute approximate surface area is 140 Å². The van der Waals surface area contributed by atoms with E-state index in [2.05, 4.69) is 10.3 Å². The molecule has 1 aliphatic heterocycles. The zero-order valence-electron chi connectivity index (χ0n) is 13.8. The van der Waals surface area contributed by atoms with Crippen LogP contribution in [0, 0.1) is 6.92 Å². The van der Waals surface area contributed by atoms with Gasteiger partial charge in [0.05, 0.1) is 14.2 Å². The fourth-order valence-electron chi connectivity index (χ4n) is 2.50. The van der Waals surface area contributed by atoms with Gasteiger partial charge in [0, 0.05) is 5.56 Å². The summed E-state index contributed by atoms with van der Waals surface area (Å²) < 4.78 is 10.4. The van der Waals surface area contributed by atoms with Crippen molar-refractivity contribution in [2.75, 3.05) is 14.2 Å². The molecule has 1 amide bonds. The molecule has 0 spiro atoms. The van der Waals surface area contributed by atoms with Gasteiger partial charge in [-0.1, -0.05) is 6.07 Å². The number of ether oxygens (including phenoxy) is 2. The van der Waals surface area contributed by atoms with Crippen LogP contribution in [-0.2, 0) is 4.79 Å². The van der Waals surface area contributed by atoms with Crippen molar-refractivity contribution >= 4 is 17.8 Å². The number of hydrogen-bond acceptors (Lipinski definition) is 4. The van der Waals surface area contributed by atoms with Gasteiger partial charge < -0.3 is 14.8 Å². The van der Waals surface area contributed by atoms with Crippen molar-refractivity contribution < 1.29 is 14.3 Å². The van der Waals surface area contributed by atoms with Crippen LogP contribution in [0.1, 0.15) is 16.7 Å². The second kappa shape index (κ2) is 6.58. The van der Waals surface area contributed by atoms with Gasteiger partial charge in [0.2, 0.25) is 0 Å². The van der Waals surface area contributed by atoms with E-state index in [0.717, 1.165) is 28.2 Å². The fraction of sp³-hybridized carbons (Fsp3) is 0.158. The van der Waals surface area contributed by atoms with Crippen LogP contribution >= 0.6 is 0 Å². The highest BCUT2D eigenvalue weighted by Crippen LogP contribution is 2.22. The number of rotatable bonds is 4. The Balaban J connectivity index is 1.89. The van der Waals surface area contributed by atoms with Crippen LogP contribution in [0.2, 0.25) is 0 Å². The Morgan fingerprint density at radius 3 is 2.42 bits per heavy atom. The third-order valence-electron chi connectivity index (χ3n) is 3.78. The Morgan fingerprint density at radius 2 is 1.79 bits per heavy atom. The first kappa shape index (κ1) is 15.8. The first-order chi connectivity index (χ1) is 11.6. The van der Waals surface area contributed by atoms with Gasteiger partial charge in [-0.2, -0.15) is 0 Å². The van der Waals surface area contributed by atoms with Gasteiger partial charge in [0.15, 0.2) is 0 Å². The second-order valence-corrected chi connectivity index (χ2v) is 5.40. The van der Waals surface area contributed by atoms with E-state index in [4.69, 9.17) is 9.47 Å². The summed E-state index contributed by atoms with van der Waals surface area (Å²) in [6, 6.07) is 13.1. The van der Waals surface area contributed by atoms with E-state index < -0.39 is 0 Å². The van der Waals surface area contributed by atoms with Crippen LogP contribution in [0.25, 0.3) is 6.08 Å². The van der Waals surface area contributed by atoms with Crippen LogP contribution in [0.15, 0.2) is 53.2 Å². The monoisotopic (exact) mass is 322 g/mol. The van der Waals surface area contributed by atoms with E-state index in [1.54, 1.807) is 20.3 Å². The normalized spacial score (nSPS) is 15.2. The van der Waals surface area contributed by atoms with E-state index in [0.29, 0.717) is 11.5 Å². The molecule has 0 aromatic heterocycles. The molecule has 1 aliphatic rings. The summed E-state index contributed by atoms with van der Waals surface area (Å²) in [5.41, 5.74) is 3.12. The summed E-state index contributed by atoms with van der Waals surface area (Å²) in [4.78, 5) is 16.6. The number of hydrogen-bond donors (Lipinski definition) is 1. The quantitative estimate of drug-likeness (QED) is 0.881. The van der Waals surface area contributed by atoms with E-state index in [-0.39, 0.29) is 5.91 Å². The van der Waals surface area contributed by atoms with E-state index in [1.165, 1.54) is 0 Å². The van der Waals surface area contributed by atoms with Gasteiger partial charge >= 0.3 is 0 Å². The highest BCUT2D eigenvalue weighted by Gasteiger charge is 2.21. The Hall–Kier alpha value is -3.08. The van der Waals surface area contributed by atoms with Crippen LogP contribution in [-0.4, -0.2) is 26.0 Å². The predicted octanol–water partition coefficient (Wildman–Crippen LogP) is 2.93. The lowest BCUT2D eigenvalue weighted by Gasteiger charge is -2.04. The van der Waals surface area contributed by atoms with Crippen molar-refractivity contribution in [2.24, 2.45) is 4.99 Å². The zero-order chi connectivity index (χ0) is 17.1. The van der Waals surface area contributed by atoms with E-state index in [1.807, 2.05) is 49.4 Å². The van der Waals surface area contributed by atoms with E-state index >= 15 is 0 Å². The maximum atomic E-state index is 12.2. The molecular weight excluding hydrogens is 304 g/mol. The SMILES string of the molecule is COc1ccc(C2=N/C(=C/c3ccc(OC)c(C)c3)C(=O)N2)cc1. The van der Waals surface area contributed by atoms with Crippen molar-refractivity contribution in [3.63, 3.8) is 0 Å². The van der Waals surface area contributed by atoms with Gasteiger partial charge in [-0.05, 0) is 60.5 Å². The molecule has 1 N–H and O–H groups in total. The number of carbonyl (C=O) groups excluding carboxylic acids is 1. The lowest BCUT2D eigenvalue weighted by Crippen LogP contribution is -2.24. The van der Waals surface area contributed by atoms with Crippen molar-refractivity contribution in [1.82, 2.24) is 5.32 Å². The molecule has 0 radical (unpaired) electrons. The number of carbonyl (C=O) groups is 1. The number of nitrogens with zero attached hydrogens (tertiary/aromatic N) is 1. The second-order valence-electron chi connectivity index (χ2n) is 5.40. The molecule has 1 heterocycles. The molecule has 0 bridgehead atoms. The fourth-order valence-corrected chi connectivity index (χ4v) is 2.50. The summed E-state index contributed by atoms with van der Waals surface area (Å²) in [7, 11) is 3.25. The third-order valence-corrected chi connectivity index (χ3v) is 3.78. The van der Waals surface area contributed by atoms with E-state index in [9.17, 15) is 4.79 Å². The van der Waals surface area contributed by atoms with Crippen LogP contribution in [0.4, 0.5) is 0 Å². The molecule has 122 valence electrons. The van der Waals surface area contributed by atoms with Gasteiger partial charge in [-0.3, -0.25) is 4.79 Å². The Morgan fingerprint density at radius 1 is 1.04 bits per heavy atom. The standard InChI is InChI=1S/C19H18N2O3/c1-12-10-13(4-9-17(12)24-3)11-16-19(22)21-18(20-16)14-5-7-15(23-2)8-6-14/h4-11H,1-3H3,(H,20,21,22)/b16-11+. The minimum absolute atomic E-state index is 0.214. The highest BCUT2D eigenvalue weighted by atomic mass is 16.5. The molecule has 24 heavy (non-hydrogen) atoms. The van der Waals surface area contributed by atoms with Crippen molar-refractivity contribution in [3.05, 3.63) is 64.9 Å². The van der Waals surface area contributed by atoms with Gasteiger partial charge in [-0.15, -0.1) is 0 Å². The molecule has 3 rings (SSSR count). The number of aryl methyl sites for hydroxylation is 1. The Kier molecular flexibility index (Phi) is 4.33. The molecule has 5 nitrogen and oxygen atoms in total. The molecular formula is C19H18N2O3. The molecule has 0 aliphatic carbocycles. The van der Waals surface area contributed by atoms with Crippen molar-refractivity contribution in [3.8, 4) is 11.5 Å². The molecule has 0 unspecified atom stereocenters. The summed E-state index contributed by atoms with van der Waals surface area (Å²) in [6.07, 6.45) is 1.76. The van der Waals surface area contributed by atoms with Gasteiger partial charge in [0.1, 0.15) is 23.0 Å². The minimum Gasteiger partial charge on any atom is -0.497 e. The lowest BCUT2D eigenvalue weighted by molar-refractivity contribution is -0.115. The average Bonchev–Trinajstić information content (AvgIpc) is 2.96. The predicted molar refractivity (Wildman–Crippen MR) is 93.4 cm³/mol. The maximum Gasteiger partial charge on any atom is 0.275 e. The zero-order valence-corrected chi connectivity index (χ0v) is 13.8. The van der Waals surface area contributed by atoms with Crippen molar-refractivity contribution in [2.45, 2.75) is 6.92 Å². The van der Waals surface area contributed by atoms with Crippen LogP contribution in [0.5, 0.6) is 11.5 Å². The maximum absolute atomic E-state index is 12.2. The van der Waals surface area contributed by atoms with Crippen LogP contribution < -0.4 is 14.8 Å². The van der Waals surface area contributed by atoms with Crippen LogP contribution in [0.3, 0.4) is 0 Å². The summed E-state index contributed by atoms with van der Waals surface area (Å²) in [6.45, 7) is 1.96. The highest BCUT2D eigenvalue weighted by molar-refractivity contribution is 6.19. The first-order valence-corrected chi connectivity index (χ1v) is 7.51. The molecule has 0 atom stereocenters. The molecule has 5 heteroatoms. The summed E-state index contributed by atoms with van der Waals surface area (Å²) >= 11 is 0. The molecule has 2 aromatic rings. The first-order valence-electron chi connectivity index (χ1n) is 7.51. The van der Waals surface area contributed by atoms with Crippen molar-refractivity contribution in [1.29, 1.82) is 0 Å².